The molecule has 1 aromatic heterocycles. The monoisotopic (exact) mass is 296 g/mol. The van der Waals surface area contributed by atoms with Crippen LogP contribution in [0.25, 0.3) is 21.8 Å². The first-order valence-corrected chi connectivity index (χ1v) is 7.58. The van der Waals surface area contributed by atoms with Gasteiger partial charge in [-0.3, -0.25) is 4.79 Å². The molecule has 0 saturated carbocycles. The second kappa shape index (κ2) is 6.20. The highest BCUT2D eigenvalue weighted by atomic mass is 16.5. The zero-order valence-electron chi connectivity index (χ0n) is 12.9. The first kappa shape index (κ1) is 14.6. The zero-order chi connectivity index (χ0) is 15.5. The maximum absolute atomic E-state index is 12.8. The number of likely N-dealkylation sites (N-methyl/N-ethyl adjacent to an activating group) is 1. The van der Waals surface area contributed by atoms with E-state index < -0.39 is 0 Å². The van der Waals surface area contributed by atoms with Crippen LogP contribution in [0.2, 0.25) is 0 Å². The first-order valence-electron chi connectivity index (χ1n) is 7.58. The molecule has 4 heteroatoms. The molecule has 0 atom stereocenters. The molecule has 3 aromatic rings. The molecule has 2 aromatic carbocycles. The number of hydrogen-bond donors (Lipinski definition) is 1. The number of aromatic nitrogens is 1. The van der Waals surface area contributed by atoms with Gasteiger partial charge >= 0.3 is 0 Å². The highest BCUT2D eigenvalue weighted by molar-refractivity contribution is 5.96. The van der Waals surface area contributed by atoms with Gasteiger partial charge in [0.2, 0.25) is 5.43 Å². The number of benzene rings is 2. The van der Waals surface area contributed by atoms with Crippen LogP contribution in [-0.4, -0.2) is 24.3 Å². The summed E-state index contributed by atoms with van der Waals surface area (Å²) >= 11 is 0. The van der Waals surface area contributed by atoms with Crippen LogP contribution >= 0.6 is 0 Å². The third-order valence-electron chi connectivity index (χ3n) is 3.89. The summed E-state index contributed by atoms with van der Waals surface area (Å²) in [5.74, 6) is 0.654. The van der Waals surface area contributed by atoms with Gasteiger partial charge in [-0.15, -0.1) is 0 Å². The summed E-state index contributed by atoms with van der Waals surface area (Å²) in [6.45, 7) is 4.27. The van der Waals surface area contributed by atoms with Gasteiger partial charge < -0.3 is 14.6 Å². The molecule has 0 radical (unpaired) electrons. The Bertz CT molecular complexity index is 868. The molecule has 0 fully saturated rings. The van der Waals surface area contributed by atoms with Crippen molar-refractivity contribution in [2.45, 2.75) is 6.92 Å². The van der Waals surface area contributed by atoms with Gasteiger partial charge in [0.25, 0.3) is 0 Å². The van der Waals surface area contributed by atoms with Gasteiger partial charge in [0.1, 0.15) is 12.4 Å². The van der Waals surface area contributed by atoms with Gasteiger partial charge in [-0.05, 0) is 30.8 Å². The number of aryl methyl sites for hydroxylation is 1. The van der Waals surface area contributed by atoms with E-state index in [0.717, 1.165) is 29.5 Å². The Labute approximate surface area is 129 Å². The molecule has 0 bridgehead atoms. The van der Waals surface area contributed by atoms with E-state index in [1.807, 2.05) is 54.1 Å². The molecule has 0 amide bonds. The van der Waals surface area contributed by atoms with Gasteiger partial charge in [0.05, 0.1) is 16.4 Å². The number of fused-ring (bicyclic) bond motifs is 2. The summed E-state index contributed by atoms with van der Waals surface area (Å²) in [4.78, 5) is 12.8. The molecule has 1 heterocycles. The summed E-state index contributed by atoms with van der Waals surface area (Å²) in [5.41, 5.74) is 1.86. The quantitative estimate of drug-likeness (QED) is 0.581. The number of para-hydroxylation sites is 1. The smallest absolute Gasteiger partial charge is 0.200 e. The molecule has 0 aliphatic heterocycles. The average molecular weight is 296 g/mol. The third kappa shape index (κ3) is 2.46. The van der Waals surface area contributed by atoms with Crippen molar-refractivity contribution in [3.63, 3.8) is 0 Å². The standard InChI is InChI=1S/C18H20N2O2/c1-3-19-11-12-22-16-10-6-9-15-17(16)18(21)13-7-4-5-8-14(13)20(15)2/h4-10,19H,3,11-12H2,1-2H3. The van der Waals surface area contributed by atoms with E-state index in [1.165, 1.54) is 0 Å². The maximum Gasteiger partial charge on any atom is 0.200 e. The zero-order valence-corrected chi connectivity index (χ0v) is 12.9. The van der Waals surface area contributed by atoms with Gasteiger partial charge in [-0.25, -0.2) is 0 Å². The largest absolute Gasteiger partial charge is 0.491 e. The molecule has 3 rings (SSSR count). The number of ether oxygens (including phenoxy) is 1. The average Bonchev–Trinajstić information content (AvgIpc) is 2.56. The van der Waals surface area contributed by atoms with Crippen molar-refractivity contribution in [2.24, 2.45) is 7.05 Å². The number of hydrogen-bond acceptors (Lipinski definition) is 3. The Kier molecular flexibility index (Phi) is 4.11. The fraction of sp³-hybridized carbons (Fsp3) is 0.278. The van der Waals surface area contributed by atoms with E-state index in [0.29, 0.717) is 17.7 Å². The van der Waals surface area contributed by atoms with Crippen molar-refractivity contribution in [1.82, 2.24) is 9.88 Å². The first-order chi connectivity index (χ1) is 10.7. The van der Waals surface area contributed by atoms with Gasteiger partial charge in [-0.1, -0.05) is 25.1 Å². The predicted octanol–water partition coefficient (Wildman–Crippen LogP) is 2.68. The molecule has 0 aliphatic rings. The third-order valence-corrected chi connectivity index (χ3v) is 3.89. The lowest BCUT2D eigenvalue weighted by Gasteiger charge is -2.14. The molecule has 1 N–H and O–H groups in total. The predicted molar refractivity (Wildman–Crippen MR) is 90.7 cm³/mol. The van der Waals surface area contributed by atoms with Crippen LogP contribution in [0, 0.1) is 0 Å². The van der Waals surface area contributed by atoms with E-state index in [1.54, 1.807) is 0 Å². The fourth-order valence-corrected chi connectivity index (χ4v) is 2.78. The summed E-state index contributed by atoms with van der Waals surface area (Å²) in [6, 6.07) is 13.4. The Morgan fingerprint density at radius 3 is 2.68 bits per heavy atom. The van der Waals surface area contributed by atoms with Crippen LogP contribution in [0.5, 0.6) is 5.75 Å². The molecule has 0 spiro atoms. The normalized spacial score (nSPS) is 11.2. The summed E-state index contributed by atoms with van der Waals surface area (Å²) in [5, 5.41) is 4.59. The number of nitrogens with zero attached hydrogens (tertiary/aromatic N) is 1. The Hall–Kier alpha value is -2.33. The van der Waals surface area contributed by atoms with Gasteiger partial charge in [0, 0.05) is 19.0 Å². The topological polar surface area (TPSA) is 43.3 Å². The van der Waals surface area contributed by atoms with Crippen molar-refractivity contribution in [3.05, 3.63) is 52.7 Å². The van der Waals surface area contributed by atoms with Crippen molar-refractivity contribution < 1.29 is 4.74 Å². The van der Waals surface area contributed by atoms with E-state index in [4.69, 9.17) is 4.74 Å². The molecule has 22 heavy (non-hydrogen) atoms. The van der Waals surface area contributed by atoms with Crippen LogP contribution < -0.4 is 15.5 Å². The van der Waals surface area contributed by atoms with Crippen molar-refractivity contribution in [3.8, 4) is 5.75 Å². The lowest BCUT2D eigenvalue weighted by Crippen LogP contribution is -2.21. The van der Waals surface area contributed by atoms with Crippen molar-refractivity contribution in [2.75, 3.05) is 19.7 Å². The SMILES string of the molecule is CCNCCOc1cccc2c1c(=O)c1ccccc1n2C. The fourth-order valence-electron chi connectivity index (χ4n) is 2.78. The Balaban J connectivity index is 2.17. The minimum atomic E-state index is 0.0303. The minimum absolute atomic E-state index is 0.0303. The molecule has 0 saturated heterocycles. The minimum Gasteiger partial charge on any atom is -0.491 e. The molecule has 0 unspecified atom stereocenters. The summed E-state index contributed by atoms with van der Waals surface area (Å²) in [6.07, 6.45) is 0. The number of rotatable bonds is 5. The Morgan fingerprint density at radius 1 is 1.09 bits per heavy atom. The van der Waals surface area contributed by atoms with Crippen LogP contribution in [0.3, 0.4) is 0 Å². The molecular formula is C18H20N2O2. The second-order valence-electron chi connectivity index (χ2n) is 5.26. The summed E-state index contributed by atoms with van der Waals surface area (Å²) in [7, 11) is 1.98. The lowest BCUT2D eigenvalue weighted by molar-refractivity contribution is 0.319. The van der Waals surface area contributed by atoms with Gasteiger partial charge in [0.15, 0.2) is 0 Å². The molecular weight excluding hydrogens is 276 g/mol. The van der Waals surface area contributed by atoms with Crippen LogP contribution in [0.4, 0.5) is 0 Å². The highest BCUT2D eigenvalue weighted by Crippen LogP contribution is 2.25. The van der Waals surface area contributed by atoms with Gasteiger partial charge in [-0.2, -0.15) is 0 Å². The Morgan fingerprint density at radius 2 is 1.86 bits per heavy atom. The van der Waals surface area contributed by atoms with E-state index in [-0.39, 0.29) is 5.43 Å². The van der Waals surface area contributed by atoms with E-state index in [2.05, 4.69) is 12.2 Å². The number of nitrogens with one attached hydrogen (secondary N) is 1. The van der Waals surface area contributed by atoms with Crippen LogP contribution in [0.1, 0.15) is 6.92 Å². The van der Waals surface area contributed by atoms with Crippen molar-refractivity contribution >= 4 is 21.8 Å². The highest BCUT2D eigenvalue weighted by Gasteiger charge is 2.12. The molecule has 114 valence electrons. The van der Waals surface area contributed by atoms with E-state index >= 15 is 0 Å². The van der Waals surface area contributed by atoms with E-state index in [9.17, 15) is 4.79 Å². The second-order valence-corrected chi connectivity index (χ2v) is 5.26. The molecule has 4 nitrogen and oxygen atoms in total. The maximum atomic E-state index is 12.8. The lowest BCUT2D eigenvalue weighted by atomic mass is 10.1. The van der Waals surface area contributed by atoms with Crippen molar-refractivity contribution in [1.29, 1.82) is 0 Å². The molecule has 0 aliphatic carbocycles. The number of pyridine rings is 1. The summed E-state index contributed by atoms with van der Waals surface area (Å²) < 4.78 is 7.88. The van der Waals surface area contributed by atoms with Crippen LogP contribution in [0.15, 0.2) is 47.3 Å². The van der Waals surface area contributed by atoms with Crippen LogP contribution in [-0.2, 0) is 7.05 Å².